The van der Waals surface area contributed by atoms with Crippen LogP contribution >= 0.6 is 0 Å². The van der Waals surface area contributed by atoms with Crippen LogP contribution in [0, 0.1) is 0 Å². The number of nitrogens with zero attached hydrogens (tertiary/aromatic N) is 3. The molecule has 0 spiro atoms. The number of aromatic nitrogens is 3. The average molecular weight is 233 g/mol. The second-order valence-electron chi connectivity index (χ2n) is 4.73. The predicted molar refractivity (Wildman–Crippen MR) is 66.6 cm³/mol. The minimum Gasteiger partial charge on any atom is -0.317 e. The lowest BCUT2D eigenvalue weighted by Crippen LogP contribution is -2.31. The SMILES string of the molecule is C1=C(c2cnnn2C2CCNCC2)CCNC1. The van der Waals surface area contributed by atoms with Crippen LogP contribution < -0.4 is 10.6 Å². The molecule has 92 valence electrons. The predicted octanol–water partition coefficient (Wildman–Crippen LogP) is 0.579. The lowest BCUT2D eigenvalue weighted by Gasteiger charge is -2.25. The highest BCUT2D eigenvalue weighted by Crippen LogP contribution is 2.25. The minimum atomic E-state index is 0.518. The molecule has 3 heterocycles. The summed E-state index contributed by atoms with van der Waals surface area (Å²) < 4.78 is 2.14. The molecule has 1 aromatic rings. The summed E-state index contributed by atoms with van der Waals surface area (Å²) in [6, 6.07) is 0.518. The molecule has 0 atom stereocenters. The van der Waals surface area contributed by atoms with Crippen LogP contribution in [0.15, 0.2) is 12.3 Å². The molecule has 0 bridgehead atoms. The summed E-state index contributed by atoms with van der Waals surface area (Å²) in [7, 11) is 0. The van der Waals surface area contributed by atoms with Gasteiger partial charge in [0.1, 0.15) is 0 Å². The van der Waals surface area contributed by atoms with E-state index in [0.29, 0.717) is 6.04 Å². The van der Waals surface area contributed by atoms with E-state index in [1.165, 1.54) is 11.3 Å². The van der Waals surface area contributed by atoms with Gasteiger partial charge in [0.2, 0.25) is 0 Å². The van der Waals surface area contributed by atoms with Crippen molar-refractivity contribution in [3.8, 4) is 0 Å². The van der Waals surface area contributed by atoms with Gasteiger partial charge in [-0.3, -0.25) is 0 Å². The Morgan fingerprint density at radius 2 is 2.06 bits per heavy atom. The summed E-state index contributed by atoms with van der Waals surface area (Å²) in [6.45, 7) is 4.20. The molecule has 1 aromatic heterocycles. The number of piperidine rings is 1. The van der Waals surface area contributed by atoms with Crippen molar-refractivity contribution in [3.63, 3.8) is 0 Å². The Bertz CT molecular complexity index is 403. The van der Waals surface area contributed by atoms with Crippen LogP contribution in [-0.2, 0) is 0 Å². The topological polar surface area (TPSA) is 54.8 Å². The second kappa shape index (κ2) is 4.98. The van der Waals surface area contributed by atoms with Crippen molar-refractivity contribution in [2.24, 2.45) is 0 Å². The van der Waals surface area contributed by atoms with E-state index < -0.39 is 0 Å². The number of rotatable bonds is 2. The van der Waals surface area contributed by atoms with E-state index in [2.05, 4.69) is 31.7 Å². The summed E-state index contributed by atoms with van der Waals surface area (Å²) in [5.74, 6) is 0. The molecule has 0 aromatic carbocycles. The summed E-state index contributed by atoms with van der Waals surface area (Å²) in [6.07, 6.45) is 7.57. The highest BCUT2D eigenvalue weighted by molar-refractivity contribution is 5.63. The first-order chi connectivity index (χ1) is 8.45. The Kier molecular flexibility index (Phi) is 3.20. The number of nitrogens with one attached hydrogen (secondary N) is 2. The molecule has 2 aliphatic heterocycles. The molecule has 1 fully saturated rings. The van der Waals surface area contributed by atoms with Gasteiger partial charge in [0.05, 0.1) is 17.9 Å². The van der Waals surface area contributed by atoms with E-state index in [1.54, 1.807) is 0 Å². The molecule has 2 N–H and O–H groups in total. The van der Waals surface area contributed by atoms with Crippen molar-refractivity contribution in [3.05, 3.63) is 18.0 Å². The highest BCUT2D eigenvalue weighted by atomic mass is 15.4. The molecule has 0 amide bonds. The van der Waals surface area contributed by atoms with Crippen LogP contribution in [0.4, 0.5) is 0 Å². The van der Waals surface area contributed by atoms with Gasteiger partial charge < -0.3 is 10.6 Å². The summed E-state index contributed by atoms with van der Waals surface area (Å²) in [4.78, 5) is 0. The zero-order valence-electron chi connectivity index (χ0n) is 10.0. The maximum Gasteiger partial charge on any atom is 0.0846 e. The second-order valence-corrected chi connectivity index (χ2v) is 4.73. The summed E-state index contributed by atoms with van der Waals surface area (Å²) >= 11 is 0. The van der Waals surface area contributed by atoms with Crippen molar-refractivity contribution in [2.75, 3.05) is 26.2 Å². The van der Waals surface area contributed by atoms with Gasteiger partial charge in [0, 0.05) is 6.54 Å². The van der Waals surface area contributed by atoms with Crippen molar-refractivity contribution >= 4 is 5.57 Å². The van der Waals surface area contributed by atoms with Gasteiger partial charge in [-0.05, 0) is 44.5 Å². The first-order valence-corrected chi connectivity index (χ1v) is 6.46. The maximum atomic E-state index is 4.29. The van der Waals surface area contributed by atoms with Crippen LogP contribution in [0.1, 0.15) is 31.0 Å². The molecule has 0 saturated carbocycles. The third-order valence-electron chi connectivity index (χ3n) is 3.62. The van der Waals surface area contributed by atoms with Gasteiger partial charge in [0.25, 0.3) is 0 Å². The lowest BCUT2D eigenvalue weighted by atomic mass is 10.0. The van der Waals surface area contributed by atoms with Crippen LogP contribution in [0.2, 0.25) is 0 Å². The molecule has 0 unspecified atom stereocenters. The normalized spacial score (nSPS) is 22.5. The third kappa shape index (κ3) is 2.25. The molecule has 17 heavy (non-hydrogen) atoms. The molecule has 0 aliphatic carbocycles. The van der Waals surface area contributed by atoms with Crippen LogP contribution in [0.5, 0.6) is 0 Å². The monoisotopic (exact) mass is 233 g/mol. The Morgan fingerprint density at radius 1 is 1.18 bits per heavy atom. The van der Waals surface area contributed by atoms with Gasteiger partial charge in [-0.25, -0.2) is 4.68 Å². The summed E-state index contributed by atoms with van der Waals surface area (Å²) in [5, 5.41) is 15.1. The number of hydrogen-bond donors (Lipinski definition) is 2. The first kappa shape index (κ1) is 10.9. The fourth-order valence-corrected chi connectivity index (χ4v) is 2.65. The Morgan fingerprint density at radius 3 is 2.82 bits per heavy atom. The molecule has 0 radical (unpaired) electrons. The van der Waals surface area contributed by atoms with E-state index >= 15 is 0 Å². The minimum absolute atomic E-state index is 0.518. The van der Waals surface area contributed by atoms with E-state index in [4.69, 9.17) is 0 Å². The van der Waals surface area contributed by atoms with Crippen molar-refractivity contribution in [1.82, 2.24) is 25.6 Å². The van der Waals surface area contributed by atoms with Gasteiger partial charge in [-0.15, -0.1) is 5.10 Å². The lowest BCUT2D eigenvalue weighted by molar-refractivity contribution is 0.335. The zero-order valence-corrected chi connectivity index (χ0v) is 10.0. The van der Waals surface area contributed by atoms with Crippen LogP contribution in [0.25, 0.3) is 5.57 Å². The van der Waals surface area contributed by atoms with Crippen molar-refractivity contribution in [2.45, 2.75) is 25.3 Å². The van der Waals surface area contributed by atoms with Gasteiger partial charge in [-0.1, -0.05) is 11.3 Å². The zero-order chi connectivity index (χ0) is 11.5. The fourth-order valence-electron chi connectivity index (χ4n) is 2.65. The largest absolute Gasteiger partial charge is 0.317 e. The highest BCUT2D eigenvalue weighted by Gasteiger charge is 2.20. The molecule has 3 rings (SSSR count). The van der Waals surface area contributed by atoms with Crippen molar-refractivity contribution in [1.29, 1.82) is 0 Å². The Labute approximate surface area is 101 Å². The Balaban J connectivity index is 1.85. The van der Waals surface area contributed by atoms with Gasteiger partial charge in [0.15, 0.2) is 0 Å². The maximum absolute atomic E-state index is 4.29. The molecule has 1 saturated heterocycles. The standard InChI is InChI=1S/C12H19N5/c1-5-13-6-2-10(1)12-9-15-16-17(12)11-3-7-14-8-4-11/h1,9,11,13-14H,2-8H2. The third-order valence-corrected chi connectivity index (χ3v) is 3.62. The fraction of sp³-hybridized carbons (Fsp3) is 0.667. The Hall–Kier alpha value is -1.20. The molecular weight excluding hydrogens is 214 g/mol. The van der Waals surface area contributed by atoms with E-state index in [0.717, 1.165) is 45.4 Å². The summed E-state index contributed by atoms with van der Waals surface area (Å²) in [5.41, 5.74) is 2.62. The first-order valence-electron chi connectivity index (χ1n) is 6.46. The van der Waals surface area contributed by atoms with Crippen LogP contribution in [-0.4, -0.2) is 41.2 Å². The molecule has 2 aliphatic rings. The van der Waals surface area contributed by atoms with Gasteiger partial charge in [-0.2, -0.15) is 0 Å². The van der Waals surface area contributed by atoms with Gasteiger partial charge >= 0.3 is 0 Å². The molecular formula is C12H19N5. The van der Waals surface area contributed by atoms with E-state index in [1.807, 2.05) is 6.20 Å². The van der Waals surface area contributed by atoms with Crippen molar-refractivity contribution < 1.29 is 0 Å². The van der Waals surface area contributed by atoms with E-state index in [-0.39, 0.29) is 0 Å². The molecule has 5 heteroatoms. The molecule has 5 nitrogen and oxygen atoms in total. The number of hydrogen-bond acceptors (Lipinski definition) is 4. The average Bonchev–Trinajstić information content (AvgIpc) is 2.90. The quantitative estimate of drug-likeness (QED) is 0.784. The van der Waals surface area contributed by atoms with Crippen LogP contribution in [0.3, 0.4) is 0 Å². The smallest absolute Gasteiger partial charge is 0.0846 e. The van der Waals surface area contributed by atoms with E-state index in [9.17, 15) is 0 Å².